The van der Waals surface area contributed by atoms with Crippen LogP contribution in [-0.2, 0) is 0 Å². The maximum atomic E-state index is 10.9. The molecule has 0 aliphatic carbocycles. The topological polar surface area (TPSA) is 90.7 Å². The monoisotopic (exact) mass is 309 g/mol. The van der Waals surface area contributed by atoms with E-state index in [4.69, 9.17) is 16.9 Å². The standard InChI is InChI=1S/C16H8ClN3O2/c17-15-5-4-11(8-16(15)20(21)22)6-14(10-19)13-3-1-2-12(7-13)9-18/h1-8H/b14-6-. The van der Waals surface area contributed by atoms with Gasteiger partial charge in [-0.05, 0) is 35.4 Å². The van der Waals surface area contributed by atoms with Gasteiger partial charge in [-0.3, -0.25) is 10.1 Å². The van der Waals surface area contributed by atoms with Gasteiger partial charge in [0.1, 0.15) is 5.02 Å². The van der Waals surface area contributed by atoms with Crippen LogP contribution in [0, 0.1) is 32.8 Å². The highest BCUT2D eigenvalue weighted by atomic mass is 35.5. The summed E-state index contributed by atoms with van der Waals surface area (Å²) in [6, 6.07) is 14.9. The molecule has 0 heterocycles. The second kappa shape index (κ2) is 6.53. The maximum absolute atomic E-state index is 10.9. The van der Waals surface area contributed by atoms with Crippen molar-refractivity contribution in [2.45, 2.75) is 0 Å². The molecule has 5 nitrogen and oxygen atoms in total. The number of nitro benzene ring substituents is 1. The van der Waals surface area contributed by atoms with E-state index in [0.717, 1.165) is 0 Å². The van der Waals surface area contributed by atoms with E-state index in [-0.39, 0.29) is 10.7 Å². The smallest absolute Gasteiger partial charge is 0.258 e. The van der Waals surface area contributed by atoms with E-state index >= 15 is 0 Å². The molecule has 0 atom stereocenters. The first-order chi connectivity index (χ1) is 10.5. The molecular formula is C16H8ClN3O2. The summed E-state index contributed by atoms with van der Waals surface area (Å²) in [6.07, 6.45) is 1.51. The Balaban J connectivity index is 2.50. The van der Waals surface area contributed by atoms with E-state index in [1.54, 1.807) is 30.3 Å². The Bertz CT molecular complexity index is 860. The van der Waals surface area contributed by atoms with Gasteiger partial charge in [-0.15, -0.1) is 0 Å². The van der Waals surface area contributed by atoms with E-state index in [2.05, 4.69) is 0 Å². The molecule has 0 saturated carbocycles. The molecule has 6 heteroatoms. The van der Waals surface area contributed by atoms with Gasteiger partial charge in [-0.1, -0.05) is 29.8 Å². The van der Waals surface area contributed by atoms with Gasteiger partial charge in [0.2, 0.25) is 0 Å². The Morgan fingerprint density at radius 3 is 2.64 bits per heavy atom. The minimum absolute atomic E-state index is 0.0344. The number of nitro groups is 1. The number of benzene rings is 2. The third-order valence-electron chi connectivity index (χ3n) is 2.90. The predicted molar refractivity (Wildman–Crippen MR) is 82.7 cm³/mol. The van der Waals surface area contributed by atoms with Gasteiger partial charge in [-0.2, -0.15) is 10.5 Å². The quantitative estimate of drug-likeness (QED) is 0.368. The Morgan fingerprint density at radius 1 is 1.23 bits per heavy atom. The van der Waals surface area contributed by atoms with Crippen molar-refractivity contribution < 1.29 is 4.92 Å². The summed E-state index contributed by atoms with van der Waals surface area (Å²) in [7, 11) is 0. The van der Waals surface area contributed by atoms with E-state index < -0.39 is 4.92 Å². The first-order valence-electron chi connectivity index (χ1n) is 6.11. The lowest BCUT2D eigenvalue weighted by molar-refractivity contribution is -0.384. The van der Waals surface area contributed by atoms with Crippen molar-refractivity contribution in [2.75, 3.05) is 0 Å². The molecule has 0 aliphatic rings. The molecule has 2 aromatic rings. The van der Waals surface area contributed by atoms with Gasteiger partial charge < -0.3 is 0 Å². The number of nitrogens with zero attached hydrogens (tertiary/aromatic N) is 3. The normalized spacial score (nSPS) is 10.6. The summed E-state index contributed by atoms with van der Waals surface area (Å²) in [4.78, 5) is 10.3. The van der Waals surface area contributed by atoms with Crippen LogP contribution in [0.3, 0.4) is 0 Å². The van der Waals surface area contributed by atoms with Crippen LogP contribution in [0.4, 0.5) is 5.69 Å². The molecule has 22 heavy (non-hydrogen) atoms. The zero-order valence-corrected chi connectivity index (χ0v) is 11.9. The van der Waals surface area contributed by atoms with Crippen molar-refractivity contribution in [3.63, 3.8) is 0 Å². The fraction of sp³-hybridized carbons (Fsp3) is 0. The third kappa shape index (κ3) is 3.29. The van der Waals surface area contributed by atoms with Crippen molar-refractivity contribution in [2.24, 2.45) is 0 Å². The van der Waals surface area contributed by atoms with Crippen molar-refractivity contribution in [3.05, 3.63) is 74.3 Å². The molecule has 0 fully saturated rings. The van der Waals surface area contributed by atoms with Gasteiger partial charge in [0.25, 0.3) is 5.69 Å². The largest absolute Gasteiger partial charge is 0.288 e. The van der Waals surface area contributed by atoms with Crippen molar-refractivity contribution in [1.82, 2.24) is 0 Å². The molecule has 0 aromatic heterocycles. The number of halogens is 1. The van der Waals surface area contributed by atoms with Crippen LogP contribution in [-0.4, -0.2) is 4.92 Å². The van der Waals surface area contributed by atoms with Crippen LogP contribution < -0.4 is 0 Å². The lowest BCUT2D eigenvalue weighted by Gasteiger charge is -2.01. The number of hydrogen-bond acceptors (Lipinski definition) is 4. The molecule has 0 unspecified atom stereocenters. The van der Waals surface area contributed by atoms with E-state index in [1.807, 2.05) is 12.1 Å². The number of hydrogen-bond donors (Lipinski definition) is 0. The summed E-state index contributed by atoms with van der Waals surface area (Å²) < 4.78 is 0. The lowest BCUT2D eigenvalue weighted by Crippen LogP contribution is -1.90. The van der Waals surface area contributed by atoms with E-state index in [0.29, 0.717) is 22.3 Å². The van der Waals surface area contributed by atoms with Crippen LogP contribution in [0.1, 0.15) is 16.7 Å². The summed E-state index contributed by atoms with van der Waals surface area (Å²) in [5, 5.41) is 29.1. The van der Waals surface area contributed by atoms with Crippen LogP contribution in [0.25, 0.3) is 11.6 Å². The lowest BCUT2D eigenvalue weighted by atomic mass is 10.0. The highest BCUT2D eigenvalue weighted by Gasteiger charge is 2.12. The third-order valence-corrected chi connectivity index (χ3v) is 3.22. The summed E-state index contributed by atoms with van der Waals surface area (Å²) in [6.45, 7) is 0. The van der Waals surface area contributed by atoms with E-state index in [1.165, 1.54) is 18.2 Å². The predicted octanol–water partition coefficient (Wildman–Crippen LogP) is 4.18. The molecule has 0 bridgehead atoms. The SMILES string of the molecule is N#C/C(=C/c1ccc(Cl)c([N+](=O)[O-])c1)c1cccc(C#N)c1. The van der Waals surface area contributed by atoms with E-state index in [9.17, 15) is 15.4 Å². The van der Waals surface area contributed by atoms with Crippen molar-refractivity contribution in [3.8, 4) is 12.1 Å². The molecule has 0 spiro atoms. The van der Waals surface area contributed by atoms with Gasteiger partial charge in [-0.25, -0.2) is 0 Å². The van der Waals surface area contributed by atoms with Crippen LogP contribution >= 0.6 is 11.6 Å². The van der Waals surface area contributed by atoms with Crippen LogP contribution in [0.2, 0.25) is 5.02 Å². The van der Waals surface area contributed by atoms with Crippen LogP contribution in [0.15, 0.2) is 42.5 Å². The highest BCUT2D eigenvalue weighted by molar-refractivity contribution is 6.32. The minimum Gasteiger partial charge on any atom is -0.258 e. The number of nitriles is 2. The molecule has 0 amide bonds. The molecule has 0 N–H and O–H groups in total. The first-order valence-corrected chi connectivity index (χ1v) is 6.49. The molecule has 0 radical (unpaired) electrons. The Morgan fingerprint density at radius 2 is 2.00 bits per heavy atom. The molecule has 0 saturated heterocycles. The Labute approximate surface area is 131 Å². The molecular weight excluding hydrogens is 302 g/mol. The van der Waals surface area contributed by atoms with Gasteiger partial charge in [0.05, 0.1) is 28.2 Å². The van der Waals surface area contributed by atoms with Crippen molar-refractivity contribution in [1.29, 1.82) is 10.5 Å². The fourth-order valence-electron chi connectivity index (χ4n) is 1.86. The van der Waals surface area contributed by atoms with Crippen molar-refractivity contribution >= 4 is 28.9 Å². The molecule has 106 valence electrons. The second-order valence-corrected chi connectivity index (χ2v) is 4.74. The van der Waals surface area contributed by atoms with Gasteiger partial charge in [0.15, 0.2) is 0 Å². The molecule has 0 aliphatic heterocycles. The van der Waals surface area contributed by atoms with Gasteiger partial charge in [0, 0.05) is 6.07 Å². The summed E-state index contributed by atoms with van der Waals surface area (Å²) in [5.41, 5.74) is 1.56. The van der Waals surface area contributed by atoms with Gasteiger partial charge >= 0.3 is 0 Å². The zero-order chi connectivity index (χ0) is 16.1. The number of allylic oxidation sites excluding steroid dienone is 1. The summed E-state index contributed by atoms with van der Waals surface area (Å²) in [5.74, 6) is 0. The molecule has 2 rings (SSSR count). The van der Waals surface area contributed by atoms with Crippen LogP contribution in [0.5, 0.6) is 0 Å². The average Bonchev–Trinajstić information content (AvgIpc) is 2.53. The second-order valence-electron chi connectivity index (χ2n) is 4.33. The first kappa shape index (κ1) is 15.2. The Kier molecular flexibility index (Phi) is 4.53. The zero-order valence-electron chi connectivity index (χ0n) is 11.2. The number of rotatable bonds is 3. The fourth-order valence-corrected chi connectivity index (χ4v) is 2.05. The summed E-state index contributed by atoms with van der Waals surface area (Å²) >= 11 is 5.75. The highest BCUT2D eigenvalue weighted by Crippen LogP contribution is 2.27. The molecule has 2 aromatic carbocycles. The minimum atomic E-state index is -0.581. The maximum Gasteiger partial charge on any atom is 0.288 e. The Hall–Kier alpha value is -3.15. The average molecular weight is 310 g/mol.